The Morgan fingerprint density at radius 2 is 1.05 bits per heavy atom. The average Bonchev–Trinajstić information content (AvgIpc) is 4.02. The Hall–Kier alpha value is -4.30. The number of anilines is 2. The standard InChI is InChI=1S/C48H46N2O2S3/c1-29-13-19-36-38(23-29)49(27-31-9-5-3-6-10-31)45(47(36)51)46-48(52)37-20-18-35(25-39(37)50(46)28-32-11-7-4-8-12-32)33-14-16-34(17-15-33)40-21-22-41(54-40)43-26-44-42(55-43)24-30(2)53-44/h13-26,31-32H,3-12,27-28H2,1-2H3/b46-45+. The minimum atomic E-state index is -0.0107. The smallest absolute Gasteiger partial charge is 0.213 e. The molecular weight excluding hydrogens is 733 g/mol. The fourth-order valence-corrected chi connectivity index (χ4v) is 13.0. The van der Waals surface area contributed by atoms with Crippen molar-refractivity contribution in [2.75, 3.05) is 22.9 Å². The lowest BCUT2D eigenvalue weighted by Gasteiger charge is -2.33. The maximum absolute atomic E-state index is 14.8. The molecule has 0 N–H and O–H groups in total. The summed E-state index contributed by atoms with van der Waals surface area (Å²) in [4.78, 5) is 39.1. The molecule has 3 aromatic carbocycles. The Morgan fingerprint density at radius 3 is 1.69 bits per heavy atom. The fourth-order valence-electron chi connectivity index (χ4n) is 9.56. The van der Waals surface area contributed by atoms with Crippen molar-refractivity contribution in [1.29, 1.82) is 0 Å². The van der Waals surface area contributed by atoms with Gasteiger partial charge in [-0.15, -0.1) is 34.0 Å². The molecule has 0 bridgehead atoms. The maximum atomic E-state index is 14.8. The second-order valence-corrected chi connectivity index (χ2v) is 19.7. The third-order valence-corrected chi connectivity index (χ3v) is 16.0. The molecule has 0 amide bonds. The van der Waals surface area contributed by atoms with Crippen LogP contribution in [0.2, 0.25) is 0 Å². The highest BCUT2D eigenvalue weighted by atomic mass is 32.1. The number of Topliss-reactive ketones (excluding diaryl/α,β-unsaturated/α-hetero) is 2. The summed E-state index contributed by atoms with van der Waals surface area (Å²) in [5, 5.41) is 0. The number of hydrogen-bond acceptors (Lipinski definition) is 7. The molecule has 0 unspecified atom stereocenters. The second-order valence-electron chi connectivity index (χ2n) is 16.3. The summed E-state index contributed by atoms with van der Waals surface area (Å²) >= 11 is 5.60. The van der Waals surface area contributed by atoms with Gasteiger partial charge in [0.1, 0.15) is 11.4 Å². The van der Waals surface area contributed by atoms with Gasteiger partial charge in [-0.25, -0.2) is 0 Å². The number of hydrogen-bond donors (Lipinski definition) is 0. The van der Waals surface area contributed by atoms with Crippen LogP contribution in [0.15, 0.2) is 96.3 Å². The van der Waals surface area contributed by atoms with Gasteiger partial charge in [0.25, 0.3) is 0 Å². The van der Waals surface area contributed by atoms with Crippen LogP contribution in [0.3, 0.4) is 0 Å². The Balaban J connectivity index is 1.00. The van der Waals surface area contributed by atoms with Gasteiger partial charge in [0.15, 0.2) is 0 Å². The van der Waals surface area contributed by atoms with Gasteiger partial charge in [-0.1, -0.05) is 74.9 Å². The summed E-state index contributed by atoms with van der Waals surface area (Å²) < 4.78 is 2.75. The first-order valence-electron chi connectivity index (χ1n) is 20.2. The van der Waals surface area contributed by atoms with Crippen LogP contribution in [0, 0.1) is 25.7 Å². The molecule has 0 saturated heterocycles. The zero-order valence-corrected chi connectivity index (χ0v) is 34.1. The van der Waals surface area contributed by atoms with E-state index in [0.29, 0.717) is 28.8 Å². The van der Waals surface area contributed by atoms with Crippen molar-refractivity contribution in [2.24, 2.45) is 11.8 Å². The van der Waals surface area contributed by atoms with E-state index in [1.807, 2.05) is 52.2 Å². The zero-order chi connectivity index (χ0) is 37.2. The molecule has 0 atom stereocenters. The van der Waals surface area contributed by atoms with E-state index in [1.54, 1.807) is 0 Å². The minimum Gasteiger partial charge on any atom is -0.336 e. The van der Waals surface area contributed by atoms with Crippen LogP contribution in [0.25, 0.3) is 40.7 Å². The molecular formula is C48H46N2O2S3. The molecule has 6 aromatic rings. The van der Waals surface area contributed by atoms with E-state index >= 15 is 0 Å². The van der Waals surface area contributed by atoms with Gasteiger partial charge < -0.3 is 9.80 Å². The summed E-state index contributed by atoms with van der Waals surface area (Å²) in [6.07, 6.45) is 12.2. The topological polar surface area (TPSA) is 40.6 Å². The van der Waals surface area contributed by atoms with E-state index in [0.717, 1.165) is 59.6 Å². The number of benzene rings is 3. The average molecular weight is 779 g/mol. The molecule has 5 heterocycles. The molecule has 2 aliphatic carbocycles. The molecule has 7 heteroatoms. The molecule has 3 aromatic heterocycles. The highest BCUT2D eigenvalue weighted by molar-refractivity contribution is 7.31. The van der Waals surface area contributed by atoms with E-state index < -0.39 is 0 Å². The lowest BCUT2D eigenvalue weighted by molar-refractivity contribution is 0.100. The summed E-state index contributed by atoms with van der Waals surface area (Å²) in [6.45, 7) is 5.83. The Bertz CT molecular complexity index is 2450. The third-order valence-electron chi connectivity index (χ3n) is 12.4. The highest BCUT2D eigenvalue weighted by Crippen LogP contribution is 2.47. The predicted octanol–water partition coefficient (Wildman–Crippen LogP) is 13.7. The number of rotatable bonds is 7. The van der Waals surface area contributed by atoms with Gasteiger partial charge >= 0.3 is 0 Å². The Kier molecular flexibility index (Phi) is 9.15. The number of allylic oxidation sites excluding steroid dienone is 2. The summed E-state index contributed by atoms with van der Waals surface area (Å²) in [6, 6.07) is 30.5. The molecule has 278 valence electrons. The molecule has 4 nitrogen and oxygen atoms in total. The lowest BCUT2D eigenvalue weighted by atomic mass is 9.88. The molecule has 0 radical (unpaired) electrons. The summed E-state index contributed by atoms with van der Waals surface area (Å²) in [7, 11) is 0. The van der Waals surface area contributed by atoms with Crippen molar-refractivity contribution in [3.63, 3.8) is 0 Å². The van der Waals surface area contributed by atoms with Crippen molar-refractivity contribution >= 4 is 66.4 Å². The van der Waals surface area contributed by atoms with Crippen LogP contribution in [-0.4, -0.2) is 24.7 Å². The molecule has 0 spiro atoms. The van der Waals surface area contributed by atoms with Crippen molar-refractivity contribution in [2.45, 2.75) is 78.1 Å². The largest absolute Gasteiger partial charge is 0.336 e. The van der Waals surface area contributed by atoms with Gasteiger partial charge in [-0.3, -0.25) is 9.59 Å². The predicted molar refractivity (Wildman–Crippen MR) is 233 cm³/mol. The van der Waals surface area contributed by atoms with Crippen LogP contribution in [0.4, 0.5) is 11.4 Å². The number of carbonyl (C=O) groups is 2. The van der Waals surface area contributed by atoms with Gasteiger partial charge in [0, 0.05) is 53.1 Å². The van der Waals surface area contributed by atoms with Crippen LogP contribution in [-0.2, 0) is 0 Å². The van der Waals surface area contributed by atoms with Gasteiger partial charge in [-0.2, -0.15) is 0 Å². The number of fused-ring (bicyclic) bond motifs is 3. The van der Waals surface area contributed by atoms with Crippen molar-refractivity contribution in [3.05, 3.63) is 118 Å². The van der Waals surface area contributed by atoms with E-state index in [9.17, 15) is 9.59 Å². The van der Waals surface area contributed by atoms with Crippen LogP contribution in [0.5, 0.6) is 0 Å². The number of nitrogens with zero attached hydrogens (tertiary/aromatic N) is 2. The van der Waals surface area contributed by atoms with Gasteiger partial charge in [-0.05, 0) is 122 Å². The Labute approximate surface area is 336 Å². The minimum absolute atomic E-state index is 0.00263. The first-order chi connectivity index (χ1) is 26.9. The first kappa shape index (κ1) is 35.1. The second kappa shape index (κ2) is 14.3. The van der Waals surface area contributed by atoms with Crippen molar-refractivity contribution in [3.8, 4) is 31.3 Å². The normalized spacial score (nSPS) is 19.2. The SMILES string of the molecule is Cc1ccc2c(c1)N(CC1CCCCC1)/C(=C1\C(=O)c3ccc(-c4ccc(-c5ccc(-c6cc7sc(C)cc7s6)s5)cc4)cc3N1CC1CCCCC1)C2=O. The molecule has 2 saturated carbocycles. The number of carbonyl (C=O) groups excluding carboxylic acids is 2. The molecule has 2 aliphatic heterocycles. The molecule has 55 heavy (non-hydrogen) atoms. The number of aryl methyl sites for hydroxylation is 2. The zero-order valence-electron chi connectivity index (χ0n) is 31.7. The molecule has 2 fully saturated rings. The number of ketones is 2. The Morgan fingerprint density at radius 1 is 0.509 bits per heavy atom. The van der Waals surface area contributed by atoms with Crippen LogP contribution >= 0.6 is 34.0 Å². The quantitative estimate of drug-likeness (QED) is 0.151. The monoisotopic (exact) mass is 778 g/mol. The maximum Gasteiger partial charge on any atom is 0.213 e. The van der Waals surface area contributed by atoms with Crippen LogP contribution in [0.1, 0.15) is 95.4 Å². The fraction of sp³-hybridized carbons (Fsp3) is 0.333. The van der Waals surface area contributed by atoms with E-state index in [1.165, 1.54) is 85.8 Å². The molecule has 10 rings (SSSR count). The molecule has 4 aliphatic rings. The van der Waals surface area contributed by atoms with Gasteiger partial charge in [0.2, 0.25) is 11.6 Å². The third kappa shape index (κ3) is 6.42. The summed E-state index contributed by atoms with van der Waals surface area (Å²) in [5.74, 6) is 0.992. The first-order valence-corrected chi connectivity index (χ1v) is 22.7. The van der Waals surface area contributed by atoms with E-state index in [2.05, 4.69) is 90.4 Å². The van der Waals surface area contributed by atoms with Crippen molar-refractivity contribution in [1.82, 2.24) is 0 Å². The number of thiophene rings is 3. The van der Waals surface area contributed by atoms with Crippen LogP contribution < -0.4 is 9.80 Å². The lowest BCUT2D eigenvalue weighted by Crippen LogP contribution is -2.36. The summed E-state index contributed by atoms with van der Waals surface area (Å²) in [5.41, 5.74) is 9.13. The van der Waals surface area contributed by atoms with E-state index in [4.69, 9.17) is 0 Å². The van der Waals surface area contributed by atoms with Gasteiger partial charge in [0.05, 0.1) is 11.4 Å². The van der Waals surface area contributed by atoms with E-state index in [-0.39, 0.29) is 11.6 Å². The van der Waals surface area contributed by atoms with Crippen molar-refractivity contribution < 1.29 is 9.59 Å². The highest BCUT2D eigenvalue weighted by Gasteiger charge is 2.44.